The van der Waals surface area contributed by atoms with Crippen molar-refractivity contribution in [3.05, 3.63) is 28.2 Å². The van der Waals surface area contributed by atoms with Gasteiger partial charge in [-0.1, -0.05) is 35.8 Å². The fraction of sp³-hybridized carbons (Fsp3) is 0.400. The monoisotopic (exact) mass is 242 g/mol. The molecular formula is C10H15BrN2. The molecule has 0 aliphatic rings. The lowest BCUT2D eigenvalue weighted by Crippen LogP contribution is -2.17. The average molecular weight is 243 g/mol. The predicted octanol–water partition coefficient (Wildman–Crippen LogP) is 2.69. The molecule has 0 saturated carbocycles. The number of hydrogen-bond acceptors (Lipinski definition) is 2. The molecular weight excluding hydrogens is 228 g/mol. The molecule has 0 amide bonds. The molecule has 2 nitrogen and oxygen atoms in total. The maximum absolute atomic E-state index is 6.02. The largest absolute Gasteiger partial charge is 0.399 e. The van der Waals surface area contributed by atoms with E-state index in [0.29, 0.717) is 5.92 Å². The molecule has 4 N–H and O–H groups in total. The van der Waals surface area contributed by atoms with Gasteiger partial charge in [0, 0.05) is 16.2 Å². The Bertz CT molecular complexity index is 297. The van der Waals surface area contributed by atoms with Crippen LogP contribution < -0.4 is 11.5 Å². The normalized spacial score (nSPS) is 13.3. The minimum Gasteiger partial charge on any atom is -0.399 e. The molecule has 13 heavy (non-hydrogen) atoms. The van der Waals surface area contributed by atoms with Gasteiger partial charge in [0.15, 0.2) is 0 Å². The summed E-state index contributed by atoms with van der Waals surface area (Å²) in [5.74, 6) is 0.430. The van der Waals surface area contributed by atoms with Gasteiger partial charge in [0.1, 0.15) is 0 Å². The van der Waals surface area contributed by atoms with Crippen LogP contribution in [-0.4, -0.2) is 0 Å². The number of nitrogens with two attached hydrogens (primary N) is 2. The fourth-order valence-corrected chi connectivity index (χ4v) is 1.83. The zero-order chi connectivity index (χ0) is 10.0. The highest BCUT2D eigenvalue weighted by molar-refractivity contribution is 9.10. The number of anilines is 1. The van der Waals surface area contributed by atoms with Gasteiger partial charge in [-0.2, -0.15) is 0 Å². The minimum absolute atomic E-state index is 0.0648. The topological polar surface area (TPSA) is 52.0 Å². The highest BCUT2D eigenvalue weighted by Crippen LogP contribution is 2.28. The summed E-state index contributed by atoms with van der Waals surface area (Å²) < 4.78 is 0.994. The molecule has 0 aliphatic carbocycles. The van der Waals surface area contributed by atoms with Crippen molar-refractivity contribution in [3.8, 4) is 0 Å². The van der Waals surface area contributed by atoms with Gasteiger partial charge in [-0.15, -0.1) is 0 Å². The minimum atomic E-state index is 0.0648. The quantitative estimate of drug-likeness (QED) is 0.784. The Labute approximate surface area is 87.4 Å². The van der Waals surface area contributed by atoms with Crippen LogP contribution in [0.4, 0.5) is 5.69 Å². The summed E-state index contributed by atoms with van der Waals surface area (Å²) in [7, 11) is 0. The zero-order valence-electron chi connectivity index (χ0n) is 7.92. The van der Waals surface area contributed by atoms with Gasteiger partial charge in [0.05, 0.1) is 0 Å². The SMILES string of the molecule is CC(C)[C@@H](N)c1ccc(N)cc1Br. The highest BCUT2D eigenvalue weighted by Gasteiger charge is 2.13. The Morgan fingerprint density at radius 1 is 1.31 bits per heavy atom. The number of rotatable bonds is 2. The van der Waals surface area contributed by atoms with Gasteiger partial charge in [-0.05, 0) is 23.6 Å². The summed E-state index contributed by atoms with van der Waals surface area (Å²) in [6, 6.07) is 5.80. The molecule has 1 aromatic carbocycles. The molecule has 0 saturated heterocycles. The van der Waals surface area contributed by atoms with Crippen molar-refractivity contribution >= 4 is 21.6 Å². The third-order valence-electron chi connectivity index (χ3n) is 2.10. The summed E-state index contributed by atoms with van der Waals surface area (Å²) in [6.45, 7) is 4.21. The van der Waals surface area contributed by atoms with E-state index >= 15 is 0 Å². The van der Waals surface area contributed by atoms with E-state index in [1.165, 1.54) is 0 Å². The van der Waals surface area contributed by atoms with E-state index in [4.69, 9.17) is 11.5 Å². The second-order valence-electron chi connectivity index (χ2n) is 3.55. The van der Waals surface area contributed by atoms with E-state index < -0.39 is 0 Å². The summed E-state index contributed by atoms with van der Waals surface area (Å²) in [6.07, 6.45) is 0. The Morgan fingerprint density at radius 3 is 2.38 bits per heavy atom. The van der Waals surface area contributed by atoms with Crippen LogP contribution in [0.5, 0.6) is 0 Å². The van der Waals surface area contributed by atoms with Crippen LogP contribution in [-0.2, 0) is 0 Å². The Balaban J connectivity index is 3.01. The highest BCUT2D eigenvalue weighted by atomic mass is 79.9. The molecule has 72 valence electrons. The van der Waals surface area contributed by atoms with Crippen molar-refractivity contribution in [2.75, 3.05) is 5.73 Å². The lowest BCUT2D eigenvalue weighted by atomic mass is 9.97. The first-order valence-electron chi connectivity index (χ1n) is 4.33. The molecule has 0 aromatic heterocycles. The third-order valence-corrected chi connectivity index (χ3v) is 2.79. The number of hydrogen-bond donors (Lipinski definition) is 2. The predicted molar refractivity (Wildman–Crippen MR) is 60.3 cm³/mol. The summed E-state index contributed by atoms with van der Waals surface area (Å²) in [5, 5.41) is 0. The Morgan fingerprint density at radius 2 is 1.92 bits per heavy atom. The molecule has 0 fully saturated rings. The van der Waals surface area contributed by atoms with Crippen LogP contribution >= 0.6 is 15.9 Å². The van der Waals surface area contributed by atoms with Gasteiger partial charge < -0.3 is 11.5 Å². The Hall–Kier alpha value is -0.540. The van der Waals surface area contributed by atoms with Crippen LogP contribution in [0.25, 0.3) is 0 Å². The van der Waals surface area contributed by atoms with Gasteiger partial charge in [-0.25, -0.2) is 0 Å². The van der Waals surface area contributed by atoms with Crippen molar-refractivity contribution in [1.29, 1.82) is 0 Å². The van der Waals surface area contributed by atoms with E-state index in [1.807, 2.05) is 18.2 Å². The molecule has 1 aromatic rings. The van der Waals surface area contributed by atoms with Crippen LogP contribution in [0.1, 0.15) is 25.5 Å². The van der Waals surface area contributed by atoms with Crippen molar-refractivity contribution < 1.29 is 0 Å². The molecule has 0 spiro atoms. The average Bonchev–Trinajstić information content (AvgIpc) is 2.03. The molecule has 0 aliphatic heterocycles. The Kier molecular flexibility index (Phi) is 3.33. The third kappa shape index (κ3) is 2.45. The maximum atomic E-state index is 6.02. The standard InChI is InChI=1S/C10H15BrN2/c1-6(2)10(13)8-4-3-7(12)5-9(8)11/h3-6,10H,12-13H2,1-2H3/t10-/m1/s1. The van der Waals surface area contributed by atoms with Crippen molar-refractivity contribution in [2.45, 2.75) is 19.9 Å². The molecule has 0 unspecified atom stereocenters. The first-order chi connectivity index (χ1) is 6.02. The second kappa shape index (κ2) is 4.11. The van der Waals surface area contributed by atoms with E-state index in [9.17, 15) is 0 Å². The lowest BCUT2D eigenvalue weighted by molar-refractivity contribution is 0.513. The molecule has 0 radical (unpaired) electrons. The van der Waals surface area contributed by atoms with Crippen LogP contribution in [0.2, 0.25) is 0 Å². The van der Waals surface area contributed by atoms with Crippen molar-refractivity contribution in [3.63, 3.8) is 0 Å². The van der Waals surface area contributed by atoms with Crippen molar-refractivity contribution in [2.24, 2.45) is 11.7 Å². The van der Waals surface area contributed by atoms with Gasteiger partial charge in [0.2, 0.25) is 0 Å². The summed E-state index contributed by atoms with van der Waals surface area (Å²) in [5.41, 5.74) is 13.5. The summed E-state index contributed by atoms with van der Waals surface area (Å²) in [4.78, 5) is 0. The number of benzene rings is 1. The molecule has 0 heterocycles. The van der Waals surface area contributed by atoms with E-state index in [-0.39, 0.29) is 6.04 Å². The van der Waals surface area contributed by atoms with E-state index in [1.54, 1.807) is 0 Å². The maximum Gasteiger partial charge on any atom is 0.0329 e. The van der Waals surface area contributed by atoms with Gasteiger partial charge in [0.25, 0.3) is 0 Å². The zero-order valence-corrected chi connectivity index (χ0v) is 9.51. The van der Waals surface area contributed by atoms with Crippen LogP contribution in [0.3, 0.4) is 0 Å². The van der Waals surface area contributed by atoms with E-state index in [0.717, 1.165) is 15.7 Å². The van der Waals surface area contributed by atoms with Crippen molar-refractivity contribution in [1.82, 2.24) is 0 Å². The van der Waals surface area contributed by atoms with Crippen LogP contribution in [0, 0.1) is 5.92 Å². The van der Waals surface area contributed by atoms with Gasteiger partial charge in [-0.3, -0.25) is 0 Å². The molecule has 3 heteroatoms. The first kappa shape index (κ1) is 10.5. The van der Waals surface area contributed by atoms with Crippen LogP contribution in [0.15, 0.2) is 22.7 Å². The fourth-order valence-electron chi connectivity index (χ4n) is 1.17. The number of nitrogen functional groups attached to an aromatic ring is 1. The molecule has 0 bridgehead atoms. The van der Waals surface area contributed by atoms with Gasteiger partial charge >= 0.3 is 0 Å². The molecule has 1 rings (SSSR count). The summed E-state index contributed by atoms with van der Waals surface area (Å²) >= 11 is 3.46. The smallest absolute Gasteiger partial charge is 0.0329 e. The number of halogens is 1. The second-order valence-corrected chi connectivity index (χ2v) is 4.41. The van der Waals surface area contributed by atoms with E-state index in [2.05, 4.69) is 29.8 Å². The first-order valence-corrected chi connectivity index (χ1v) is 5.12. The lowest BCUT2D eigenvalue weighted by Gasteiger charge is -2.17. The molecule has 1 atom stereocenters.